The summed E-state index contributed by atoms with van der Waals surface area (Å²) in [5.74, 6) is 0.181. The maximum Gasteiger partial charge on any atom is 0.162 e. The van der Waals surface area contributed by atoms with Gasteiger partial charge in [-0.1, -0.05) is 32.0 Å². The first kappa shape index (κ1) is 13.5. The van der Waals surface area contributed by atoms with Crippen molar-refractivity contribution in [3.05, 3.63) is 41.7 Å². The summed E-state index contributed by atoms with van der Waals surface area (Å²) in [5.41, 5.74) is 3.97. The number of hydrogen-bond acceptors (Lipinski definition) is 2. The van der Waals surface area contributed by atoms with Crippen molar-refractivity contribution in [3.8, 4) is 11.1 Å². The lowest BCUT2D eigenvalue weighted by Gasteiger charge is -2.02. The molecule has 0 atom stereocenters. The van der Waals surface area contributed by atoms with Crippen molar-refractivity contribution in [1.29, 1.82) is 0 Å². The van der Waals surface area contributed by atoms with Crippen molar-refractivity contribution in [2.24, 2.45) is 0 Å². The fourth-order valence-corrected chi connectivity index (χ4v) is 2.21. The number of Topliss-reactive ketones (excluding diaryl/α,β-unsaturated/α-hetero) is 1. The van der Waals surface area contributed by atoms with Crippen molar-refractivity contribution in [1.82, 2.24) is 9.78 Å². The molecule has 0 spiro atoms. The molecule has 0 unspecified atom stereocenters. The van der Waals surface area contributed by atoms with E-state index in [1.165, 1.54) is 0 Å². The van der Waals surface area contributed by atoms with Gasteiger partial charge in [-0.15, -0.1) is 0 Å². The molecule has 1 aromatic carbocycles. The minimum absolute atomic E-state index is 0.181. The Kier molecular flexibility index (Phi) is 4.15. The molecule has 0 N–H and O–H groups in total. The maximum absolute atomic E-state index is 11.8. The molecule has 0 bridgehead atoms. The lowest BCUT2D eigenvalue weighted by atomic mass is 10.0. The Morgan fingerprint density at radius 2 is 2.11 bits per heavy atom. The van der Waals surface area contributed by atoms with E-state index in [-0.39, 0.29) is 5.78 Å². The molecule has 0 aliphatic heterocycles. The zero-order chi connectivity index (χ0) is 13.8. The van der Waals surface area contributed by atoms with Crippen LogP contribution in [0.2, 0.25) is 0 Å². The van der Waals surface area contributed by atoms with Gasteiger partial charge < -0.3 is 0 Å². The van der Waals surface area contributed by atoms with Gasteiger partial charge in [-0.2, -0.15) is 5.10 Å². The smallest absolute Gasteiger partial charge is 0.162 e. The number of benzene rings is 1. The molecule has 0 fully saturated rings. The Hall–Kier alpha value is -1.90. The van der Waals surface area contributed by atoms with E-state index in [2.05, 4.69) is 18.2 Å². The summed E-state index contributed by atoms with van der Waals surface area (Å²) in [6, 6.07) is 7.81. The summed E-state index contributed by atoms with van der Waals surface area (Å²) < 4.78 is 1.97. The summed E-state index contributed by atoms with van der Waals surface area (Å²) in [6.45, 7) is 6.96. The summed E-state index contributed by atoms with van der Waals surface area (Å²) >= 11 is 0. The van der Waals surface area contributed by atoms with Crippen LogP contribution in [0.15, 0.2) is 30.5 Å². The molecule has 0 amide bonds. The van der Waals surface area contributed by atoms with Crippen molar-refractivity contribution in [3.63, 3.8) is 0 Å². The summed E-state index contributed by atoms with van der Waals surface area (Å²) in [5, 5.41) is 4.50. The fraction of sp³-hybridized carbons (Fsp3) is 0.375. The highest BCUT2D eigenvalue weighted by molar-refractivity contribution is 5.97. The van der Waals surface area contributed by atoms with Gasteiger partial charge in [0.05, 0.1) is 5.69 Å². The third kappa shape index (κ3) is 2.92. The second kappa shape index (κ2) is 5.83. The number of ketones is 1. The SMILES string of the molecule is CCCn1cc(-c2cccc(C(=O)CC)c2)c(C)n1. The zero-order valence-electron chi connectivity index (χ0n) is 11.8. The van der Waals surface area contributed by atoms with E-state index < -0.39 is 0 Å². The Bertz CT molecular complexity index is 584. The predicted octanol–water partition coefficient (Wildman–Crippen LogP) is 3.86. The molecule has 0 radical (unpaired) electrons. The highest BCUT2D eigenvalue weighted by atomic mass is 16.1. The summed E-state index contributed by atoms with van der Waals surface area (Å²) in [7, 11) is 0. The van der Waals surface area contributed by atoms with Gasteiger partial charge in [-0.3, -0.25) is 9.48 Å². The number of rotatable bonds is 5. The van der Waals surface area contributed by atoms with E-state index in [0.29, 0.717) is 6.42 Å². The van der Waals surface area contributed by atoms with Gasteiger partial charge in [0.25, 0.3) is 0 Å². The molecule has 3 nitrogen and oxygen atoms in total. The second-order valence-electron chi connectivity index (χ2n) is 4.75. The molecule has 100 valence electrons. The first-order chi connectivity index (χ1) is 9.15. The average molecular weight is 256 g/mol. The quantitative estimate of drug-likeness (QED) is 0.761. The van der Waals surface area contributed by atoms with Crippen LogP contribution in [0.3, 0.4) is 0 Å². The van der Waals surface area contributed by atoms with Crippen LogP contribution >= 0.6 is 0 Å². The Balaban J connectivity index is 2.38. The van der Waals surface area contributed by atoms with Crippen molar-refractivity contribution in [2.45, 2.75) is 40.2 Å². The van der Waals surface area contributed by atoms with Crippen LogP contribution in [0, 0.1) is 6.92 Å². The lowest BCUT2D eigenvalue weighted by molar-refractivity contribution is 0.0988. The van der Waals surface area contributed by atoms with Gasteiger partial charge in [0.1, 0.15) is 0 Å². The lowest BCUT2D eigenvalue weighted by Crippen LogP contribution is -1.96. The minimum atomic E-state index is 0.181. The average Bonchev–Trinajstić information content (AvgIpc) is 2.79. The van der Waals surface area contributed by atoms with E-state index in [1.807, 2.05) is 42.8 Å². The maximum atomic E-state index is 11.8. The van der Waals surface area contributed by atoms with Crippen LogP contribution in [0.25, 0.3) is 11.1 Å². The Morgan fingerprint density at radius 3 is 2.79 bits per heavy atom. The Labute approximate surface area is 114 Å². The first-order valence-electron chi connectivity index (χ1n) is 6.83. The normalized spacial score (nSPS) is 10.7. The molecule has 0 saturated carbocycles. The first-order valence-corrected chi connectivity index (χ1v) is 6.83. The molecule has 1 heterocycles. The van der Waals surface area contributed by atoms with Gasteiger partial charge in [0, 0.05) is 30.3 Å². The Morgan fingerprint density at radius 1 is 1.32 bits per heavy atom. The van der Waals surface area contributed by atoms with Gasteiger partial charge in [0.15, 0.2) is 5.78 Å². The highest BCUT2D eigenvalue weighted by Gasteiger charge is 2.09. The molecule has 0 aliphatic rings. The third-order valence-corrected chi connectivity index (χ3v) is 3.22. The molecule has 2 rings (SSSR count). The predicted molar refractivity (Wildman–Crippen MR) is 77.3 cm³/mol. The van der Waals surface area contributed by atoms with Crippen LogP contribution in [-0.4, -0.2) is 15.6 Å². The topological polar surface area (TPSA) is 34.9 Å². The standard InChI is InChI=1S/C16H20N2O/c1-4-9-18-11-15(12(3)17-18)13-7-6-8-14(10-13)16(19)5-2/h6-8,10-11H,4-5,9H2,1-3H3. The molecule has 19 heavy (non-hydrogen) atoms. The monoisotopic (exact) mass is 256 g/mol. The van der Waals surface area contributed by atoms with Crippen molar-refractivity contribution >= 4 is 5.78 Å². The summed E-state index contributed by atoms with van der Waals surface area (Å²) in [6.07, 6.45) is 3.67. The number of hydrogen-bond donors (Lipinski definition) is 0. The van der Waals surface area contributed by atoms with Crippen LogP contribution in [-0.2, 0) is 6.54 Å². The van der Waals surface area contributed by atoms with E-state index in [0.717, 1.165) is 35.3 Å². The number of aryl methyl sites for hydroxylation is 2. The van der Waals surface area contributed by atoms with Crippen LogP contribution in [0.5, 0.6) is 0 Å². The van der Waals surface area contributed by atoms with Crippen molar-refractivity contribution in [2.75, 3.05) is 0 Å². The van der Waals surface area contributed by atoms with E-state index in [9.17, 15) is 4.79 Å². The van der Waals surface area contributed by atoms with Gasteiger partial charge >= 0.3 is 0 Å². The van der Waals surface area contributed by atoms with Crippen LogP contribution in [0.1, 0.15) is 42.7 Å². The van der Waals surface area contributed by atoms with Crippen LogP contribution < -0.4 is 0 Å². The third-order valence-electron chi connectivity index (χ3n) is 3.22. The highest BCUT2D eigenvalue weighted by Crippen LogP contribution is 2.24. The largest absolute Gasteiger partial charge is 0.294 e. The molecule has 0 saturated heterocycles. The molecule has 3 heteroatoms. The number of aromatic nitrogens is 2. The molecule has 1 aromatic heterocycles. The number of carbonyl (C=O) groups is 1. The fourth-order valence-electron chi connectivity index (χ4n) is 2.21. The van der Waals surface area contributed by atoms with E-state index >= 15 is 0 Å². The summed E-state index contributed by atoms with van der Waals surface area (Å²) in [4.78, 5) is 11.8. The second-order valence-corrected chi connectivity index (χ2v) is 4.75. The van der Waals surface area contributed by atoms with Crippen LogP contribution in [0.4, 0.5) is 0 Å². The van der Waals surface area contributed by atoms with Crippen molar-refractivity contribution < 1.29 is 4.79 Å². The molecule has 0 aliphatic carbocycles. The molecular weight excluding hydrogens is 236 g/mol. The molecular formula is C16H20N2O. The van der Waals surface area contributed by atoms with Gasteiger partial charge in [-0.25, -0.2) is 0 Å². The minimum Gasteiger partial charge on any atom is -0.294 e. The molecule has 2 aromatic rings. The number of nitrogens with zero attached hydrogens (tertiary/aromatic N) is 2. The van der Waals surface area contributed by atoms with E-state index in [4.69, 9.17) is 0 Å². The van der Waals surface area contributed by atoms with E-state index in [1.54, 1.807) is 0 Å². The van der Waals surface area contributed by atoms with Gasteiger partial charge in [0.2, 0.25) is 0 Å². The van der Waals surface area contributed by atoms with Gasteiger partial charge in [-0.05, 0) is 25.0 Å². The zero-order valence-corrected chi connectivity index (χ0v) is 11.8. The number of carbonyl (C=O) groups excluding carboxylic acids is 1.